The van der Waals surface area contributed by atoms with Crippen molar-refractivity contribution in [3.8, 4) is 5.75 Å². The second kappa shape index (κ2) is 7.47. The molecule has 0 amide bonds. The van der Waals surface area contributed by atoms with Gasteiger partial charge in [-0.15, -0.1) is 0 Å². The summed E-state index contributed by atoms with van der Waals surface area (Å²) in [6.45, 7) is 0. The van der Waals surface area contributed by atoms with Gasteiger partial charge in [0.1, 0.15) is 5.75 Å². The number of methoxy groups -OCH3 is 1. The maximum absolute atomic E-state index is 11.7. The quantitative estimate of drug-likeness (QED) is 0.398. The molecule has 0 aliphatic rings. The number of amidine groups is 1. The molecular weight excluding hydrogens is 304 g/mol. The van der Waals surface area contributed by atoms with Crippen LogP contribution < -0.4 is 10.5 Å². The maximum atomic E-state index is 11.7. The summed E-state index contributed by atoms with van der Waals surface area (Å²) < 4.78 is 5.05. The molecule has 0 fully saturated rings. The Hall–Kier alpha value is -2.53. The van der Waals surface area contributed by atoms with Gasteiger partial charge in [-0.3, -0.25) is 0 Å². The fourth-order valence-corrected chi connectivity index (χ4v) is 1.84. The van der Waals surface area contributed by atoms with Crippen LogP contribution in [0.3, 0.4) is 0 Å². The molecule has 2 aromatic rings. The van der Waals surface area contributed by atoms with Crippen LogP contribution in [0, 0.1) is 0 Å². The molecule has 0 radical (unpaired) electrons. The first-order valence-electron chi connectivity index (χ1n) is 6.50. The molecule has 0 unspecified atom stereocenters. The Morgan fingerprint density at radius 2 is 1.77 bits per heavy atom. The second-order valence-corrected chi connectivity index (χ2v) is 4.91. The van der Waals surface area contributed by atoms with Gasteiger partial charge in [-0.05, 0) is 42.0 Å². The standard InChI is InChI=1S/C16H15ClN2O3/c1-21-14-8-4-12(5-9-14)16(18)19-22-15(20)10-11-2-6-13(17)7-3-11/h2-9H,10H2,1H3,(H2,18,19). The number of hydrogen-bond acceptors (Lipinski definition) is 4. The largest absolute Gasteiger partial charge is 0.497 e. The SMILES string of the molecule is COc1ccc(/C(N)=N\OC(=O)Cc2ccc(Cl)cc2)cc1. The Kier molecular flexibility index (Phi) is 5.38. The van der Waals surface area contributed by atoms with Crippen molar-refractivity contribution < 1.29 is 14.4 Å². The minimum atomic E-state index is -0.501. The minimum absolute atomic E-state index is 0.0938. The van der Waals surface area contributed by atoms with Crippen molar-refractivity contribution in [1.82, 2.24) is 0 Å². The van der Waals surface area contributed by atoms with Crippen LogP contribution >= 0.6 is 11.6 Å². The molecule has 22 heavy (non-hydrogen) atoms. The van der Waals surface area contributed by atoms with Crippen molar-refractivity contribution in [2.75, 3.05) is 7.11 Å². The zero-order valence-corrected chi connectivity index (χ0v) is 12.7. The number of hydrogen-bond donors (Lipinski definition) is 1. The lowest BCUT2D eigenvalue weighted by molar-refractivity contribution is -0.142. The van der Waals surface area contributed by atoms with E-state index in [9.17, 15) is 4.79 Å². The summed E-state index contributed by atoms with van der Waals surface area (Å²) in [6, 6.07) is 13.9. The number of rotatable bonds is 5. The third kappa shape index (κ3) is 4.49. The first-order valence-corrected chi connectivity index (χ1v) is 6.88. The van der Waals surface area contributed by atoms with E-state index in [0.29, 0.717) is 16.3 Å². The monoisotopic (exact) mass is 318 g/mol. The molecule has 0 saturated carbocycles. The lowest BCUT2D eigenvalue weighted by Gasteiger charge is -2.03. The van der Waals surface area contributed by atoms with E-state index in [-0.39, 0.29) is 12.3 Å². The van der Waals surface area contributed by atoms with Crippen LogP contribution in [0.1, 0.15) is 11.1 Å². The van der Waals surface area contributed by atoms with Gasteiger partial charge in [0, 0.05) is 10.6 Å². The van der Waals surface area contributed by atoms with Crippen molar-refractivity contribution in [2.24, 2.45) is 10.9 Å². The Labute approximate surface area is 133 Å². The molecule has 0 heterocycles. The lowest BCUT2D eigenvalue weighted by Crippen LogP contribution is -2.15. The first-order chi connectivity index (χ1) is 10.6. The number of nitrogens with zero attached hydrogens (tertiary/aromatic N) is 1. The highest BCUT2D eigenvalue weighted by Crippen LogP contribution is 2.12. The van der Waals surface area contributed by atoms with E-state index >= 15 is 0 Å². The Morgan fingerprint density at radius 3 is 2.36 bits per heavy atom. The zero-order chi connectivity index (χ0) is 15.9. The topological polar surface area (TPSA) is 73.9 Å². The van der Waals surface area contributed by atoms with E-state index in [1.54, 1.807) is 55.6 Å². The van der Waals surface area contributed by atoms with Gasteiger partial charge in [0.15, 0.2) is 5.84 Å². The van der Waals surface area contributed by atoms with Crippen LogP contribution in [-0.2, 0) is 16.1 Å². The average Bonchev–Trinajstić information content (AvgIpc) is 2.55. The van der Waals surface area contributed by atoms with Gasteiger partial charge >= 0.3 is 5.97 Å². The van der Waals surface area contributed by atoms with E-state index < -0.39 is 5.97 Å². The van der Waals surface area contributed by atoms with Gasteiger partial charge in [-0.1, -0.05) is 28.9 Å². The van der Waals surface area contributed by atoms with Crippen molar-refractivity contribution in [3.63, 3.8) is 0 Å². The summed E-state index contributed by atoms with van der Waals surface area (Å²) in [7, 11) is 1.57. The molecule has 2 N–H and O–H groups in total. The van der Waals surface area contributed by atoms with Crippen LogP contribution in [0.2, 0.25) is 5.02 Å². The van der Waals surface area contributed by atoms with Gasteiger partial charge < -0.3 is 15.3 Å². The first kappa shape index (κ1) is 15.9. The van der Waals surface area contributed by atoms with Crippen LogP contribution in [0.4, 0.5) is 0 Å². The molecule has 0 aliphatic carbocycles. The number of benzene rings is 2. The maximum Gasteiger partial charge on any atom is 0.339 e. The van der Waals surface area contributed by atoms with Gasteiger partial charge in [0.05, 0.1) is 13.5 Å². The predicted octanol–water partition coefficient (Wildman–Crippen LogP) is 2.75. The smallest absolute Gasteiger partial charge is 0.339 e. The normalized spacial score (nSPS) is 11.1. The molecule has 0 bridgehead atoms. The fraction of sp³-hybridized carbons (Fsp3) is 0.125. The van der Waals surface area contributed by atoms with Crippen molar-refractivity contribution >= 4 is 23.4 Å². The van der Waals surface area contributed by atoms with Gasteiger partial charge in [0.25, 0.3) is 0 Å². The van der Waals surface area contributed by atoms with Gasteiger partial charge in [0.2, 0.25) is 0 Å². The van der Waals surface area contributed by atoms with E-state index in [2.05, 4.69) is 5.16 Å². The Bertz CT molecular complexity index is 667. The molecule has 0 aliphatic heterocycles. The van der Waals surface area contributed by atoms with Crippen molar-refractivity contribution in [3.05, 3.63) is 64.7 Å². The van der Waals surface area contributed by atoms with Crippen molar-refractivity contribution in [1.29, 1.82) is 0 Å². The van der Waals surface area contributed by atoms with Crippen molar-refractivity contribution in [2.45, 2.75) is 6.42 Å². The number of nitrogens with two attached hydrogens (primary N) is 1. The molecule has 6 heteroatoms. The van der Waals surface area contributed by atoms with Crippen LogP contribution in [0.5, 0.6) is 5.75 Å². The molecule has 0 atom stereocenters. The van der Waals surface area contributed by atoms with Crippen LogP contribution in [0.15, 0.2) is 53.7 Å². The summed E-state index contributed by atoms with van der Waals surface area (Å²) in [6.07, 6.45) is 0.0938. The molecule has 2 aromatic carbocycles. The highest BCUT2D eigenvalue weighted by atomic mass is 35.5. The second-order valence-electron chi connectivity index (χ2n) is 4.47. The number of carbonyl (C=O) groups is 1. The third-order valence-electron chi connectivity index (χ3n) is 2.89. The Balaban J connectivity index is 1.94. The average molecular weight is 319 g/mol. The van der Waals surface area contributed by atoms with E-state index in [1.807, 2.05) is 0 Å². The number of oxime groups is 1. The molecular formula is C16H15ClN2O3. The fourth-order valence-electron chi connectivity index (χ4n) is 1.72. The minimum Gasteiger partial charge on any atom is -0.497 e. The summed E-state index contributed by atoms with van der Waals surface area (Å²) in [5.74, 6) is 0.321. The molecule has 0 aromatic heterocycles. The summed E-state index contributed by atoms with van der Waals surface area (Å²) >= 11 is 5.78. The highest BCUT2D eigenvalue weighted by Gasteiger charge is 2.06. The van der Waals surface area contributed by atoms with E-state index in [0.717, 1.165) is 5.56 Å². The lowest BCUT2D eigenvalue weighted by atomic mass is 10.2. The van der Waals surface area contributed by atoms with E-state index in [4.69, 9.17) is 26.9 Å². The van der Waals surface area contributed by atoms with Gasteiger partial charge in [-0.2, -0.15) is 0 Å². The summed E-state index contributed by atoms with van der Waals surface area (Å²) in [5.41, 5.74) is 7.19. The molecule has 114 valence electrons. The van der Waals surface area contributed by atoms with Crippen LogP contribution in [-0.4, -0.2) is 18.9 Å². The molecule has 5 nitrogen and oxygen atoms in total. The molecule has 0 saturated heterocycles. The number of ether oxygens (including phenoxy) is 1. The predicted molar refractivity (Wildman–Crippen MR) is 85.0 cm³/mol. The number of carbonyl (C=O) groups excluding carboxylic acids is 1. The van der Waals surface area contributed by atoms with Crippen LogP contribution in [0.25, 0.3) is 0 Å². The molecule has 2 rings (SSSR count). The third-order valence-corrected chi connectivity index (χ3v) is 3.15. The summed E-state index contributed by atoms with van der Waals surface area (Å²) in [5, 5.41) is 4.25. The van der Waals surface area contributed by atoms with Gasteiger partial charge in [-0.25, -0.2) is 4.79 Å². The highest BCUT2D eigenvalue weighted by molar-refractivity contribution is 6.30. The number of halogens is 1. The van der Waals surface area contributed by atoms with E-state index in [1.165, 1.54) is 0 Å². The zero-order valence-electron chi connectivity index (χ0n) is 12.0. The Morgan fingerprint density at radius 1 is 1.14 bits per heavy atom. The summed E-state index contributed by atoms with van der Waals surface area (Å²) in [4.78, 5) is 16.5. The molecule has 0 spiro atoms.